The Morgan fingerprint density at radius 2 is 1.00 bits per heavy atom. The van der Waals surface area contributed by atoms with E-state index in [4.69, 9.17) is 51.2 Å². The maximum absolute atomic E-state index is 13.6. The Hall–Kier alpha value is -5.83. The first kappa shape index (κ1) is 71.6. The summed E-state index contributed by atoms with van der Waals surface area (Å²) in [6.45, 7) is 5.52. The normalized spacial score (nSPS) is 15.1. The minimum atomic E-state index is -4.72. The van der Waals surface area contributed by atoms with Crippen LogP contribution in [-0.2, 0) is 63.9 Å². The summed E-state index contributed by atoms with van der Waals surface area (Å²) in [4.78, 5) is 57.6. The molecule has 16 nitrogen and oxygen atoms in total. The van der Waals surface area contributed by atoms with Crippen LogP contribution in [0.15, 0.2) is 60.7 Å². The maximum Gasteiger partial charge on any atom is 0.417 e. The number of esters is 2. The highest BCUT2D eigenvalue weighted by Crippen LogP contribution is 2.47. The van der Waals surface area contributed by atoms with E-state index in [0.29, 0.717) is 46.9 Å². The molecule has 5 N–H and O–H groups in total. The van der Waals surface area contributed by atoms with E-state index in [1.54, 1.807) is 36.4 Å². The fraction of sp³-hybridized carbons (Fsp3) is 0.517. The monoisotopic (exact) mass is 1290 g/mol. The van der Waals surface area contributed by atoms with Crippen LogP contribution in [0.2, 0.25) is 0 Å². The number of aromatic nitrogens is 2. The molecule has 2 saturated carbocycles. The molecule has 0 bridgehead atoms. The van der Waals surface area contributed by atoms with Crippen LogP contribution in [0.5, 0.6) is 0 Å². The topological polar surface area (TPSA) is 243 Å². The molecule has 6 rings (SSSR count). The van der Waals surface area contributed by atoms with Crippen molar-refractivity contribution in [3.63, 3.8) is 0 Å². The Bertz CT molecular complexity index is 3270. The lowest BCUT2D eigenvalue weighted by molar-refractivity contribution is -0.143. The van der Waals surface area contributed by atoms with Gasteiger partial charge in [-0.2, -0.15) is 26.3 Å². The van der Waals surface area contributed by atoms with E-state index in [9.17, 15) is 62.4 Å². The van der Waals surface area contributed by atoms with Crippen molar-refractivity contribution in [1.29, 1.82) is 0 Å². The van der Waals surface area contributed by atoms with Crippen molar-refractivity contribution < 1.29 is 71.8 Å². The molecule has 0 unspecified atom stereocenters. The SMILES string of the molecule is COC(=O)[C@H](Cc1ccc(N)cc1)NC(=S)C1(CCCCS(C)(=O)=O)CCC1.COC(=O)[C@H](Cc1ccc(NC(=O)c2c(C(F)(F)F)cc(C)nc2C)cc1)NC(=S)C1(CCCCS(C)(=O)=O)CCC1.Cc1cc(C(F)(F)F)c(C(=O)Cl)c(C)n1. The standard InChI is InChI=1S/C29H36F3N3O5S2.C20H30N2O4S2.C9H7ClF3NO/c1-18-16-22(29(30,31)32)24(19(2)33-18)25(36)34-21-10-8-20(9-11-21)17-23(26(37)40-3)35-27(41)28(13-7-14-28)12-5-6-15-42(4,38)39;1-26-18(23)17(14-15-6-8-16(21)9-7-15)22-19(27)20(11-5-12-20)10-3-4-13-28(2,24)25;1-4-3-6(9(11,12)13)7(8(10)15)5(2)14-4/h8-11,16,23H,5-7,12-15,17H2,1-4H3,(H,34,36)(H,35,41);6-9,17H,3-5,10-14,21H2,1-2H3,(H,22,27);3H,1-2H3/t23-;17-;/m00./s1. The van der Waals surface area contributed by atoms with Gasteiger partial charge in [-0.05, 0) is 138 Å². The highest BCUT2D eigenvalue weighted by atomic mass is 35.5. The van der Waals surface area contributed by atoms with Gasteiger partial charge in [-0.3, -0.25) is 19.6 Å². The molecule has 27 heteroatoms. The van der Waals surface area contributed by atoms with Gasteiger partial charge in [0.1, 0.15) is 31.8 Å². The van der Waals surface area contributed by atoms with Gasteiger partial charge in [-0.1, -0.05) is 74.4 Å². The summed E-state index contributed by atoms with van der Waals surface area (Å²) < 4.78 is 134. The number of aryl methyl sites for hydroxylation is 4. The molecule has 2 aliphatic rings. The van der Waals surface area contributed by atoms with Crippen LogP contribution >= 0.6 is 36.0 Å². The van der Waals surface area contributed by atoms with Crippen molar-refractivity contribution in [1.82, 2.24) is 20.6 Å². The molecule has 85 heavy (non-hydrogen) atoms. The minimum Gasteiger partial charge on any atom is -0.467 e. The number of anilines is 2. The molecular formula is C58H73ClF6N6O10S4. The van der Waals surface area contributed by atoms with Gasteiger partial charge in [0.25, 0.3) is 11.1 Å². The van der Waals surface area contributed by atoms with Crippen LogP contribution in [0.4, 0.5) is 37.7 Å². The molecule has 2 fully saturated rings. The number of hydrogen-bond donors (Lipinski definition) is 4. The lowest BCUT2D eigenvalue weighted by atomic mass is 9.65. The van der Waals surface area contributed by atoms with Crippen molar-refractivity contribution in [3.05, 3.63) is 117 Å². The number of alkyl halides is 6. The number of unbranched alkanes of at least 4 members (excludes halogenated alkanes) is 2. The number of nitrogen functional groups attached to an aromatic ring is 1. The lowest BCUT2D eigenvalue weighted by Gasteiger charge is -2.43. The third-order valence-corrected chi connectivity index (χ3v) is 18.1. The number of carbonyl (C=O) groups is 4. The molecule has 2 heterocycles. The first-order valence-electron chi connectivity index (χ1n) is 27.1. The fourth-order valence-corrected chi connectivity index (χ4v) is 12.6. The first-order valence-corrected chi connectivity index (χ1v) is 32.4. The van der Waals surface area contributed by atoms with E-state index in [-0.39, 0.29) is 63.2 Å². The number of nitrogens with two attached hydrogens (primary N) is 1. The molecule has 1 amide bonds. The number of nitrogens with one attached hydrogen (secondary N) is 3. The zero-order chi connectivity index (χ0) is 63.9. The number of halogens is 7. The van der Waals surface area contributed by atoms with Crippen molar-refractivity contribution in [2.75, 3.05) is 49.3 Å². The van der Waals surface area contributed by atoms with Gasteiger partial charge in [-0.15, -0.1) is 0 Å². The van der Waals surface area contributed by atoms with Crippen LogP contribution in [0.3, 0.4) is 0 Å². The maximum atomic E-state index is 13.6. The lowest BCUT2D eigenvalue weighted by Crippen LogP contribution is -2.51. The van der Waals surface area contributed by atoms with Gasteiger partial charge in [-0.25, -0.2) is 26.4 Å². The molecule has 2 aromatic carbocycles. The first-order chi connectivity index (χ1) is 39.4. The molecule has 468 valence electrons. The number of amides is 1. The number of carbonyl (C=O) groups excluding carboxylic acids is 4. The predicted octanol–water partition coefficient (Wildman–Crippen LogP) is 11.1. The number of nitrogens with zero attached hydrogens (tertiary/aromatic N) is 2. The van der Waals surface area contributed by atoms with Gasteiger partial charge in [0, 0.05) is 70.5 Å². The van der Waals surface area contributed by atoms with Crippen LogP contribution < -0.4 is 21.7 Å². The quantitative estimate of drug-likeness (QED) is 0.0135. The third-order valence-electron chi connectivity index (χ3n) is 14.8. The van der Waals surface area contributed by atoms with Gasteiger partial charge in [0.15, 0.2) is 0 Å². The molecule has 2 aliphatic carbocycles. The Labute approximate surface area is 508 Å². The molecule has 4 aromatic rings. The molecular weight excluding hydrogens is 1220 g/mol. The zero-order valence-corrected chi connectivity index (χ0v) is 52.6. The molecule has 2 atom stereocenters. The smallest absolute Gasteiger partial charge is 0.417 e. The Morgan fingerprint density at radius 3 is 1.33 bits per heavy atom. The van der Waals surface area contributed by atoms with Gasteiger partial charge >= 0.3 is 24.3 Å². The second kappa shape index (κ2) is 30.7. The fourth-order valence-electron chi connectivity index (χ4n) is 10.0. The molecule has 2 aromatic heterocycles. The van der Waals surface area contributed by atoms with Gasteiger partial charge in [0.2, 0.25) is 0 Å². The highest BCUT2D eigenvalue weighted by Gasteiger charge is 2.44. The number of benzene rings is 2. The summed E-state index contributed by atoms with van der Waals surface area (Å²) in [5, 5.41) is 7.76. The predicted molar refractivity (Wildman–Crippen MR) is 323 cm³/mol. The van der Waals surface area contributed by atoms with Crippen molar-refractivity contribution in [2.24, 2.45) is 10.8 Å². The highest BCUT2D eigenvalue weighted by molar-refractivity contribution is 7.90. The molecule has 0 spiro atoms. The van der Waals surface area contributed by atoms with E-state index in [1.807, 2.05) is 12.1 Å². The second-order valence-electron chi connectivity index (χ2n) is 21.7. The number of hydrogen-bond acceptors (Lipinski definition) is 15. The van der Waals surface area contributed by atoms with Crippen LogP contribution in [0.25, 0.3) is 0 Å². The average molecular weight is 1290 g/mol. The number of methoxy groups -OCH3 is 2. The summed E-state index contributed by atoms with van der Waals surface area (Å²) in [5.74, 6) is -1.48. The van der Waals surface area contributed by atoms with E-state index in [1.165, 1.54) is 54.4 Å². The van der Waals surface area contributed by atoms with Crippen molar-refractivity contribution in [2.45, 2.75) is 142 Å². The Morgan fingerprint density at radius 1 is 0.635 bits per heavy atom. The second-order valence-corrected chi connectivity index (χ2v) is 27.3. The number of sulfone groups is 2. The Balaban J connectivity index is 0.000000307. The van der Waals surface area contributed by atoms with Crippen LogP contribution in [0, 0.1) is 38.5 Å². The summed E-state index contributed by atoms with van der Waals surface area (Å²) in [5.41, 5.74) is 5.03. The van der Waals surface area contributed by atoms with Crippen molar-refractivity contribution >= 4 is 100 Å². The average Bonchev–Trinajstić information content (AvgIpc) is 1.43. The summed E-state index contributed by atoms with van der Waals surface area (Å²) >= 11 is 16.5. The number of pyridine rings is 2. The Kier molecular flexibility index (Phi) is 25.9. The van der Waals surface area contributed by atoms with E-state index < -0.39 is 83.5 Å². The van der Waals surface area contributed by atoms with Crippen LogP contribution in [0.1, 0.15) is 143 Å². The van der Waals surface area contributed by atoms with Gasteiger partial charge < -0.3 is 31.2 Å². The summed E-state index contributed by atoms with van der Waals surface area (Å²) in [6.07, 6.45) is 3.79. The largest absolute Gasteiger partial charge is 0.467 e. The zero-order valence-electron chi connectivity index (χ0n) is 48.6. The van der Waals surface area contributed by atoms with Crippen molar-refractivity contribution in [3.8, 4) is 0 Å². The summed E-state index contributed by atoms with van der Waals surface area (Å²) in [7, 11) is -3.33. The number of rotatable bonds is 23. The van der Waals surface area contributed by atoms with E-state index in [2.05, 4.69) is 25.9 Å². The van der Waals surface area contributed by atoms with E-state index >= 15 is 0 Å². The van der Waals surface area contributed by atoms with Crippen LogP contribution in [-0.4, -0.2) is 110 Å². The molecule has 0 radical (unpaired) electrons. The summed E-state index contributed by atoms with van der Waals surface area (Å²) in [6, 6.07) is 14.1. The number of ether oxygens (including phenoxy) is 2. The molecule has 0 aliphatic heterocycles. The molecule has 0 saturated heterocycles. The minimum absolute atomic E-state index is 0.0117. The van der Waals surface area contributed by atoms with Gasteiger partial charge in [0.05, 0.1) is 57.8 Å². The number of thiocarbonyl (C=S) groups is 2. The third kappa shape index (κ3) is 21.8. The van der Waals surface area contributed by atoms with E-state index in [0.717, 1.165) is 75.5 Å².